The number of aromatic nitrogens is 2. The van der Waals surface area contributed by atoms with Crippen LogP contribution in [0, 0.1) is 6.92 Å². The van der Waals surface area contributed by atoms with Crippen molar-refractivity contribution in [2.24, 2.45) is 0 Å². The van der Waals surface area contributed by atoms with E-state index >= 15 is 0 Å². The summed E-state index contributed by atoms with van der Waals surface area (Å²) in [6, 6.07) is 7.59. The summed E-state index contributed by atoms with van der Waals surface area (Å²) in [6.07, 6.45) is -0.604. The van der Waals surface area contributed by atoms with Crippen molar-refractivity contribution in [1.82, 2.24) is 10.2 Å². The highest BCUT2D eigenvalue weighted by molar-refractivity contribution is 8.01. The SMILES string of the molecule is Cc1ccc(O[C@@H](C)C(=O)Nc2nnc(SC(C)C)s2)cc1. The van der Waals surface area contributed by atoms with Crippen molar-refractivity contribution < 1.29 is 9.53 Å². The van der Waals surface area contributed by atoms with Crippen LogP contribution in [0.3, 0.4) is 0 Å². The molecule has 0 bridgehead atoms. The number of benzene rings is 1. The number of carbonyl (C=O) groups excluding carboxylic acids is 1. The van der Waals surface area contributed by atoms with Gasteiger partial charge in [-0.3, -0.25) is 10.1 Å². The predicted molar refractivity (Wildman–Crippen MR) is 90.8 cm³/mol. The van der Waals surface area contributed by atoms with Crippen LogP contribution in [-0.4, -0.2) is 27.5 Å². The number of hydrogen-bond acceptors (Lipinski definition) is 6. The van der Waals surface area contributed by atoms with E-state index < -0.39 is 6.10 Å². The average molecular weight is 337 g/mol. The maximum absolute atomic E-state index is 12.1. The van der Waals surface area contributed by atoms with Gasteiger partial charge in [-0.15, -0.1) is 10.2 Å². The van der Waals surface area contributed by atoms with Gasteiger partial charge in [0.2, 0.25) is 5.13 Å². The molecule has 1 heterocycles. The number of rotatable bonds is 6. The maximum Gasteiger partial charge on any atom is 0.266 e. The second kappa shape index (κ2) is 7.60. The summed E-state index contributed by atoms with van der Waals surface area (Å²) < 4.78 is 6.46. The summed E-state index contributed by atoms with van der Waals surface area (Å²) in [5.74, 6) is 0.430. The molecule has 22 heavy (non-hydrogen) atoms. The van der Waals surface area contributed by atoms with Gasteiger partial charge in [-0.05, 0) is 26.0 Å². The van der Waals surface area contributed by atoms with E-state index in [-0.39, 0.29) is 5.91 Å². The van der Waals surface area contributed by atoms with Gasteiger partial charge in [-0.2, -0.15) is 0 Å². The molecule has 0 radical (unpaired) electrons. The predicted octanol–water partition coefficient (Wildman–Crippen LogP) is 3.75. The number of anilines is 1. The Kier molecular flexibility index (Phi) is 5.79. The summed E-state index contributed by atoms with van der Waals surface area (Å²) >= 11 is 2.99. The molecule has 1 atom stereocenters. The Morgan fingerprint density at radius 1 is 1.23 bits per heavy atom. The molecule has 0 spiro atoms. The Morgan fingerprint density at radius 2 is 1.91 bits per heavy atom. The highest BCUT2D eigenvalue weighted by atomic mass is 32.2. The molecule has 0 fully saturated rings. The van der Waals surface area contributed by atoms with Crippen molar-refractivity contribution >= 4 is 34.1 Å². The van der Waals surface area contributed by atoms with Crippen LogP contribution in [0.1, 0.15) is 26.3 Å². The number of carbonyl (C=O) groups is 1. The fourth-order valence-corrected chi connectivity index (χ4v) is 3.57. The number of amides is 1. The molecule has 2 rings (SSSR count). The zero-order chi connectivity index (χ0) is 16.1. The van der Waals surface area contributed by atoms with E-state index in [1.807, 2.05) is 31.2 Å². The van der Waals surface area contributed by atoms with Crippen LogP contribution in [-0.2, 0) is 4.79 Å². The smallest absolute Gasteiger partial charge is 0.266 e. The van der Waals surface area contributed by atoms with Crippen LogP contribution < -0.4 is 10.1 Å². The summed E-state index contributed by atoms with van der Waals surface area (Å²) in [5.41, 5.74) is 1.15. The van der Waals surface area contributed by atoms with Crippen LogP contribution in [0.4, 0.5) is 5.13 Å². The van der Waals surface area contributed by atoms with Crippen molar-refractivity contribution in [3.8, 4) is 5.75 Å². The Labute approximate surface area is 138 Å². The number of nitrogens with zero attached hydrogens (tertiary/aromatic N) is 2. The standard InChI is InChI=1S/C15H19N3O2S2/c1-9(2)21-15-18-17-14(22-15)16-13(19)11(4)20-12-7-5-10(3)6-8-12/h5-9,11H,1-4H3,(H,16,17,19)/t11-/m0/s1. The van der Waals surface area contributed by atoms with Gasteiger partial charge in [-0.1, -0.05) is 54.6 Å². The molecule has 1 aromatic carbocycles. The second-order valence-corrected chi connectivity index (χ2v) is 7.90. The fourth-order valence-electron chi connectivity index (χ4n) is 1.59. The van der Waals surface area contributed by atoms with Crippen LogP contribution in [0.15, 0.2) is 28.6 Å². The number of aryl methyl sites for hydroxylation is 1. The van der Waals surface area contributed by atoms with Crippen molar-refractivity contribution in [2.75, 3.05) is 5.32 Å². The molecule has 2 aromatic rings. The van der Waals surface area contributed by atoms with Crippen molar-refractivity contribution in [3.63, 3.8) is 0 Å². The molecule has 1 amide bonds. The van der Waals surface area contributed by atoms with Crippen LogP contribution in [0.5, 0.6) is 5.75 Å². The molecule has 0 aliphatic rings. The van der Waals surface area contributed by atoms with E-state index in [2.05, 4.69) is 29.4 Å². The molecule has 0 saturated heterocycles. The van der Waals surface area contributed by atoms with E-state index in [1.54, 1.807) is 18.7 Å². The number of ether oxygens (including phenoxy) is 1. The molecular weight excluding hydrogens is 318 g/mol. The third kappa shape index (κ3) is 4.99. The minimum absolute atomic E-state index is 0.238. The normalized spacial score (nSPS) is 12.2. The fraction of sp³-hybridized carbons (Fsp3) is 0.400. The van der Waals surface area contributed by atoms with Gasteiger partial charge >= 0.3 is 0 Å². The summed E-state index contributed by atoms with van der Waals surface area (Å²) in [6.45, 7) is 7.88. The Bertz CT molecular complexity index is 626. The molecule has 0 aliphatic heterocycles. The van der Waals surface area contributed by atoms with E-state index in [1.165, 1.54) is 11.3 Å². The lowest BCUT2D eigenvalue weighted by molar-refractivity contribution is -0.122. The first-order chi connectivity index (χ1) is 10.4. The lowest BCUT2D eigenvalue weighted by Crippen LogP contribution is -2.30. The minimum Gasteiger partial charge on any atom is -0.481 e. The van der Waals surface area contributed by atoms with Crippen LogP contribution >= 0.6 is 23.1 Å². The molecule has 0 unspecified atom stereocenters. The maximum atomic E-state index is 12.1. The summed E-state index contributed by atoms with van der Waals surface area (Å²) in [5, 5.41) is 11.7. The number of thioether (sulfide) groups is 1. The van der Waals surface area contributed by atoms with Gasteiger partial charge in [0.15, 0.2) is 10.4 Å². The van der Waals surface area contributed by atoms with Gasteiger partial charge in [0.05, 0.1) is 0 Å². The molecular formula is C15H19N3O2S2. The Hall–Kier alpha value is -1.60. The first kappa shape index (κ1) is 16.8. The molecule has 1 N–H and O–H groups in total. The van der Waals surface area contributed by atoms with E-state index in [0.29, 0.717) is 16.1 Å². The number of nitrogens with one attached hydrogen (secondary N) is 1. The van der Waals surface area contributed by atoms with Gasteiger partial charge < -0.3 is 4.74 Å². The monoisotopic (exact) mass is 337 g/mol. The largest absolute Gasteiger partial charge is 0.481 e. The van der Waals surface area contributed by atoms with Gasteiger partial charge in [0, 0.05) is 5.25 Å². The Morgan fingerprint density at radius 3 is 2.55 bits per heavy atom. The quantitative estimate of drug-likeness (QED) is 0.642. The van der Waals surface area contributed by atoms with Crippen LogP contribution in [0.2, 0.25) is 0 Å². The van der Waals surface area contributed by atoms with Gasteiger partial charge in [0.1, 0.15) is 5.75 Å². The van der Waals surface area contributed by atoms with Gasteiger partial charge in [-0.25, -0.2) is 0 Å². The lowest BCUT2D eigenvalue weighted by Gasteiger charge is -2.13. The highest BCUT2D eigenvalue weighted by Crippen LogP contribution is 2.28. The summed E-state index contributed by atoms with van der Waals surface area (Å²) in [4.78, 5) is 12.1. The summed E-state index contributed by atoms with van der Waals surface area (Å²) in [7, 11) is 0. The topological polar surface area (TPSA) is 64.1 Å². The van der Waals surface area contributed by atoms with Crippen molar-refractivity contribution in [3.05, 3.63) is 29.8 Å². The molecule has 7 heteroatoms. The molecule has 0 aliphatic carbocycles. The third-order valence-electron chi connectivity index (χ3n) is 2.68. The highest BCUT2D eigenvalue weighted by Gasteiger charge is 2.17. The first-order valence-corrected chi connectivity index (χ1v) is 8.68. The van der Waals surface area contributed by atoms with Crippen LogP contribution in [0.25, 0.3) is 0 Å². The average Bonchev–Trinajstić information content (AvgIpc) is 2.87. The molecule has 0 saturated carbocycles. The molecule has 1 aromatic heterocycles. The first-order valence-electron chi connectivity index (χ1n) is 6.98. The third-order valence-corrected chi connectivity index (χ3v) is 4.60. The van der Waals surface area contributed by atoms with E-state index in [0.717, 1.165) is 9.90 Å². The number of hydrogen-bond donors (Lipinski definition) is 1. The van der Waals surface area contributed by atoms with E-state index in [4.69, 9.17) is 4.74 Å². The lowest BCUT2D eigenvalue weighted by atomic mass is 10.2. The molecule has 118 valence electrons. The second-order valence-electron chi connectivity index (χ2n) is 5.10. The molecule has 5 nitrogen and oxygen atoms in total. The van der Waals surface area contributed by atoms with Crippen molar-refractivity contribution in [2.45, 2.75) is 43.4 Å². The van der Waals surface area contributed by atoms with Crippen molar-refractivity contribution in [1.29, 1.82) is 0 Å². The minimum atomic E-state index is -0.604. The van der Waals surface area contributed by atoms with E-state index in [9.17, 15) is 4.79 Å². The van der Waals surface area contributed by atoms with Gasteiger partial charge in [0.25, 0.3) is 5.91 Å². The zero-order valence-corrected chi connectivity index (χ0v) is 14.6. The Balaban J connectivity index is 1.90. The zero-order valence-electron chi connectivity index (χ0n) is 13.0.